The maximum atomic E-state index is 13.0. The van der Waals surface area contributed by atoms with E-state index in [0.717, 1.165) is 11.3 Å². The van der Waals surface area contributed by atoms with Gasteiger partial charge in [-0.3, -0.25) is 9.59 Å². The fourth-order valence-electron chi connectivity index (χ4n) is 4.06. The van der Waals surface area contributed by atoms with Gasteiger partial charge < -0.3 is 14.4 Å². The first kappa shape index (κ1) is 16.8. The number of carbonyl (C=O) groups excluding carboxylic acids is 2. The molecule has 0 saturated carbocycles. The van der Waals surface area contributed by atoms with Crippen LogP contribution in [0.3, 0.4) is 0 Å². The second-order valence-electron chi connectivity index (χ2n) is 7.52. The molecule has 1 aromatic rings. The Morgan fingerprint density at radius 1 is 1.52 bits per heavy atom. The van der Waals surface area contributed by atoms with Gasteiger partial charge >= 0.3 is 5.97 Å². The van der Waals surface area contributed by atoms with Gasteiger partial charge in [0, 0.05) is 4.88 Å². The van der Waals surface area contributed by atoms with Crippen molar-refractivity contribution in [1.29, 1.82) is 0 Å². The van der Waals surface area contributed by atoms with Crippen LogP contribution < -0.4 is 0 Å². The average Bonchev–Trinajstić information content (AvgIpc) is 3.30. The normalized spacial score (nSPS) is 32.7. The van der Waals surface area contributed by atoms with Crippen LogP contribution in [0.2, 0.25) is 0 Å². The highest BCUT2D eigenvalue weighted by Crippen LogP contribution is 2.52. The first-order chi connectivity index (χ1) is 12.0. The van der Waals surface area contributed by atoms with E-state index in [0.29, 0.717) is 25.6 Å². The van der Waals surface area contributed by atoms with Crippen molar-refractivity contribution in [3.05, 3.63) is 34.5 Å². The summed E-state index contributed by atoms with van der Waals surface area (Å²) >= 11 is 1.63. The molecule has 1 amide bonds. The summed E-state index contributed by atoms with van der Waals surface area (Å²) in [7, 11) is 0. The molecule has 0 aromatic carbocycles. The van der Waals surface area contributed by atoms with Crippen LogP contribution in [0.5, 0.6) is 0 Å². The zero-order valence-corrected chi connectivity index (χ0v) is 15.3. The molecule has 2 bridgehead atoms. The summed E-state index contributed by atoms with van der Waals surface area (Å²) in [5.41, 5.74) is -0.652. The van der Waals surface area contributed by atoms with Crippen LogP contribution in [0.1, 0.15) is 25.1 Å². The van der Waals surface area contributed by atoms with Crippen LogP contribution in [0.25, 0.3) is 0 Å². The van der Waals surface area contributed by atoms with Gasteiger partial charge in [0.05, 0.1) is 31.7 Å². The van der Waals surface area contributed by atoms with Crippen molar-refractivity contribution >= 4 is 23.2 Å². The monoisotopic (exact) mass is 361 g/mol. The van der Waals surface area contributed by atoms with E-state index >= 15 is 0 Å². The summed E-state index contributed by atoms with van der Waals surface area (Å²) in [5, 5.41) is 2.01. The number of hydrogen-bond acceptors (Lipinski definition) is 5. The van der Waals surface area contributed by atoms with Gasteiger partial charge in [0.2, 0.25) is 5.91 Å². The predicted molar refractivity (Wildman–Crippen MR) is 93.9 cm³/mol. The van der Waals surface area contributed by atoms with Crippen LogP contribution in [0.15, 0.2) is 29.7 Å². The Hall–Kier alpha value is -1.66. The minimum Gasteiger partial charge on any atom is -0.465 e. The standard InChI is InChI=1S/C19H23NO4S/c1-12(2)6-8-23-18(22)15-14-5-7-19(24-14)11-20(17(21)16(15)19)10-13-4-3-9-25-13/h3-5,7,9,12,14-16H,6,8,10-11H2,1-2H3/t14?,15?,16?,19-/m1/s1. The van der Waals surface area contributed by atoms with Gasteiger partial charge in [-0.15, -0.1) is 11.3 Å². The lowest BCUT2D eigenvalue weighted by Crippen LogP contribution is -2.40. The van der Waals surface area contributed by atoms with Gasteiger partial charge in [0.25, 0.3) is 0 Å². The second kappa shape index (κ2) is 6.25. The second-order valence-corrected chi connectivity index (χ2v) is 8.56. The number of esters is 1. The third kappa shape index (κ3) is 2.81. The Bertz CT molecular complexity index is 698. The number of rotatable bonds is 6. The highest BCUT2D eigenvalue weighted by atomic mass is 32.1. The van der Waals surface area contributed by atoms with Gasteiger partial charge in [0.15, 0.2) is 0 Å². The number of hydrogen-bond donors (Lipinski definition) is 0. The van der Waals surface area contributed by atoms with E-state index in [9.17, 15) is 9.59 Å². The first-order valence-corrected chi connectivity index (χ1v) is 9.73. The molecular formula is C19H23NO4S. The maximum Gasteiger partial charge on any atom is 0.312 e. The van der Waals surface area contributed by atoms with Crippen molar-refractivity contribution in [2.45, 2.75) is 38.5 Å². The first-order valence-electron chi connectivity index (χ1n) is 8.85. The molecule has 6 heteroatoms. The van der Waals surface area contributed by atoms with Crippen LogP contribution in [-0.4, -0.2) is 41.6 Å². The molecule has 3 aliphatic rings. The molecule has 0 aliphatic carbocycles. The van der Waals surface area contributed by atoms with Crippen LogP contribution in [0, 0.1) is 17.8 Å². The minimum atomic E-state index is -0.652. The van der Waals surface area contributed by atoms with E-state index in [1.807, 2.05) is 34.6 Å². The number of fused-ring (bicyclic) bond motifs is 1. The van der Waals surface area contributed by atoms with E-state index in [1.54, 1.807) is 11.3 Å². The summed E-state index contributed by atoms with van der Waals surface area (Å²) < 4.78 is 11.6. The van der Waals surface area contributed by atoms with E-state index in [-0.39, 0.29) is 18.0 Å². The number of likely N-dealkylation sites (tertiary alicyclic amines) is 1. The third-order valence-corrected chi connectivity index (χ3v) is 6.18. The Balaban J connectivity index is 1.49. The van der Waals surface area contributed by atoms with E-state index in [2.05, 4.69) is 13.8 Å². The molecule has 134 valence electrons. The summed E-state index contributed by atoms with van der Waals surface area (Å²) in [6.07, 6.45) is 4.40. The lowest BCUT2D eigenvalue weighted by molar-refractivity contribution is -0.154. The molecule has 25 heavy (non-hydrogen) atoms. The zero-order chi connectivity index (χ0) is 17.6. The lowest BCUT2D eigenvalue weighted by Gasteiger charge is -2.23. The topological polar surface area (TPSA) is 55.8 Å². The number of amides is 1. The number of nitrogens with zero attached hydrogens (tertiary/aromatic N) is 1. The molecule has 4 atom stereocenters. The summed E-state index contributed by atoms with van der Waals surface area (Å²) in [4.78, 5) is 28.6. The number of thiophene rings is 1. The minimum absolute atomic E-state index is 0.00561. The largest absolute Gasteiger partial charge is 0.465 e. The fourth-order valence-corrected chi connectivity index (χ4v) is 4.78. The van der Waals surface area contributed by atoms with Gasteiger partial charge in [-0.2, -0.15) is 0 Å². The molecule has 2 fully saturated rings. The van der Waals surface area contributed by atoms with Crippen LogP contribution in [-0.2, 0) is 25.6 Å². The molecular weight excluding hydrogens is 338 g/mol. The quantitative estimate of drug-likeness (QED) is 0.577. The van der Waals surface area contributed by atoms with Gasteiger partial charge in [-0.1, -0.05) is 32.1 Å². The Morgan fingerprint density at radius 3 is 3.08 bits per heavy atom. The molecule has 3 unspecified atom stereocenters. The van der Waals surface area contributed by atoms with Crippen molar-refractivity contribution in [1.82, 2.24) is 4.90 Å². The van der Waals surface area contributed by atoms with E-state index in [4.69, 9.17) is 9.47 Å². The highest BCUT2D eigenvalue weighted by Gasteiger charge is 2.67. The summed E-state index contributed by atoms with van der Waals surface area (Å²) in [6, 6.07) is 4.01. The molecule has 1 spiro atoms. The van der Waals surface area contributed by atoms with E-state index in [1.165, 1.54) is 0 Å². The summed E-state index contributed by atoms with van der Waals surface area (Å²) in [6.45, 7) is 5.67. The third-order valence-electron chi connectivity index (χ3n) is 5.32. The van der Waals surface area contributed by atoms with E-state index < -0.39 is 17.4 Å². The fraction of sp³-hybridized carbons (Fsp3) is 0.579. The van der Waals surface area contributed by atoms with Gasteiger partial charge in [0.1, 0.15) is 11.5 Å². The molecule has 0 radical (unpaired) electrons. The molecule has 3 aliphatic heterocycles. The Morgan fingerprint density at radius 2 is 2.36 bits per heavy atom. The number of carbonyl (C=O) groups is 2. The molecule has 5 nitrogen and oxygen atoms in total. The molecule has 1 aromatic heterocycles. The Kier molecular flexibility index (Phi) is 4.20. The SMILES string of the molecule is CC(C)CCOC(=O)C1C2C=C[C@]3(CN(Cc4cccs4)C(=O)C13)O2. The average molecular weight is 361 g/mol. The van der Waals surface area contributed by atoms with Gasteiger partial charge in [-0.25, -0.2) is 0 Å². The van der Waals surface area contributed by atoms with Crippen molar-refractivity contribution in [3.63, 3.8) is 0 Å². The Labute approximate surface area is 151 Å². The van der Waals surface area contributed by atoms with Crippen molar-refractivity contribution in [3.8, 4) is 0 Å². The lowest BCUT2D eigenvalue weighted by atomic mass is 9.77. The van der Waals surface area contributed by atoms with Crippen LogP contribution in [0.4, 0.5) is 0 Å². The molecule has 2 saturated heterocycles. The number of ether oxygens (including phenoxy) is 2. The van der Waals surface area contributed by atoms with Crippen LogP contribution >= 0.6 is 11.3 Å². The zero-order valence-electron chi connectivity index (χ0n) is 14.5. The molecule has 4 heterocycles. The van der Waals surface area contributed by atoms with Crippen molar-refractivity contribution < 1.29 is 19.1 Å². The van der Waals surface area contributed by atoms with Gasteiger partial charge in [-0.05, 0) is 23.8 Å². The van der Waals surface area contributed by atoms with Crippen molar-refractivity contribution in [2.75, 3.05) is 13.2 Å². The predicted octanol–water partition coefficient (Wildman–Crippen LogP) is 2.62. The smallest absolute Gasteiger partial charge is 0.312 e. The highest BCUT2D eigenvalue weighted by molar-refractivity contribution is 7.09. The molecule has 0 N–H and O–H groups in total. The summed E-state index contributed by atoms with van der Waals surface area (Å²) in [5.74, 6) is -0.781. The molecule has 4 rings (SSSR count). The maximum absolute atomic E-state index is 13.0. The van der Waals surface area contributed by atoms with Crippen molar-refractivity contribution in [2.24, 2.45) is 17.8 Å².